The number of aromatic carboxylic acids is 1. The van der Waals surface area contributed by atoms with Crippen molar-refractivity contribution in [2.24, 2.45) is 0 Å². The standard InChI is InChI=1S/C31H54O4/c1-5-9-13-17-21-26-25-28(34-23-19-15-11-7-3)30(35-24-20-16-12-8-4)29(31(32)33)27(26)22-18-14-10-6-2/h25H,5-24H2,1-4H3,(H,32,33). The van der Waals surface area contributed by atoms with Crippen molar-refractivity contribution >= 4 is 5.97 Å². The molecule has 0 radical (unpaired) electrons. The Labute approximate surface area is 216 Å². The lowest BCUT2D eigenvalue weighted by atomic mass is 9.91. The normalized spacial score (nSPS) is 11.1. The quantitative estimate of drug-likeness (QED) is 0.155. The van der Waals surface area contributed by atoms with Crippen LogP contribution >= 0.6 is 0 Å². The first-order valence-corrected chi connectivity index (χ1v) is 14.8. The maximum atomic E-state index is 12.6. The van der Waals surface area contributed by atoms with E-state index in [1.54, 1.807) is 0 Å². The summed E-state index contributed by atoms with van der Waals surface area (Å²) < 4.78 is 12.4. The minimum atomic E-state index is -0.884. The summed E-state index contributed by atoms with van der Waals surface area (Å²) in [5, 5.41) is 10.4. The van der Waals surface area contributed by atoms with Crippen molar-refractivity contribution in [3.63, 3.8) is 0 Å². The number of carbonyl (C=O) groups is 1. The van der Waals surface area contributed by atoms with Gasteiger partial charge in [0.1, 0.15) is 5.56 Å². The van der Waals surface area contributed by atoms with Crippen molar-refractivity contribution < 1.29 is 19.4 Å². The Bertz CT molecular complexity index is 683. The van der Waals surface area contributed by atoms with Gasteiger partial charge in [0.2, 0.25) is 0 Å². The van der Waals surface area contributed by atoms with Gasteiger partial charge in [0.25, 0.3) is 0 Å². The van der Waals surface area contributed by atoms with Crippen molar-refractivity contribution in [1.82, 2.24) is 0 Å². The van der Waals surface area contributed by atoms with E-state index in [0.29, 0.717) is 30.3 Å². The predicted molar refractivity (Wildman–Crippen MR) is 148 cm³/mol. The summed E-state index contributed by atoms with van der Waals surface area (Å²) in [5.41, 5.74) is 2.48. The molecule has 0 saturated heterocycles. The maximum absolute atomic E-state index is 12.6. The van der Waals surface area contributed by atoms with Crippen LogP contribution in [0.15, 0.2) is 6.07 Å². The third-order valence-electron chi connectivity index (χ3n) is 6.74. The fraction of sp³-hybridized carbons (Fsp3) is 0.774. The minimum absolute atomic E-state index is 0.355. The number of rotatable bonds is 23. The fourth-order valence-electron chi connectivity index (χ4n) is 4.60. The highest BCUT2D eigenvalue weighted by Crippen LogP contribution is 2.38. The predicted octanol–water partition coefficient (Wildman–Crippen LogP) is 9.55. The largest absolute Gasteiger partial charge is 0.490 e. The summed E-state index contributed by atoms with van der Waals surface area (Å²) in [6.07, 6.45) is 19.8. The van der Waals surface area contributed by atoms with E-state index < -0.39 is 5.97 Å². The average molecular weight is 491 g/mol. The fourth-order valence-corrected chi connectivity index (χ4v) is 4.60. The molecule has 1 N–H and O–H groups in total. The number of aryl methyl sites for hydroxylation is 1. The zero-order valence-electron chi connectivity index (χ0n) is 23.4. The molecule has 1 rings (SSSR count). The van der Waals surface area contributed by atoms with Gasteiger partial charge in [-0.15, -0.1) is 0 Å². The molecule has 0 aliphatic heterocycles. The topological polar surface area (TPSA) is 55.8 Å². The molecule has 0 aromatic heterocycles. The molecule has 0 aliphatic rings. The Morgan fingerprint density at radius 1 is 0.657 bits per heavy atom. The van der Waals surface area contributed by atoms with Crippen molar-refractivity contribution in [3.8, 4) is 11.5 Å². The van der Waals surface area contributed by atoms with Crippen molar-refractivity contribution in [1.29, 1.82) is 0 Å². The van der Waals surface area contributed by atoms with Crippen LogP contribution in [0.5, 0.6) is 11.5 Å². The molecule has 0 atom stereocenters. The molecule has 0 bridgehead atoms. The zero-order chi connectivity index (χ0) is 25.7. The van der Waals surface area contributed by atoms with Crippen molar-refractivity contribution in [3.05, 3.63) is 22.8 Å². The van der Waals surface area contributed by atoms with Crippen LogP contribution in [0, 0.1) is 0 Å². The zero-order valence-corrected chi connectivity index (χ0v) is 23.4. The van der Waals surface area contributed by atoms with E-state index in [9.17, 15) is 9.90 Å². The van der Waals surface area contributed by atoms with Gasteiger partial charge in [-0.1, -0.05) is 105 Å². The first-order valence-electron chi connectivity index (χ1n) is 14.8. The van der Waals surface area contributed by atoms with E-state index >= 15 is 0 Å². The van der Waals surface area contributed by atoms with E-state index in [1.165, 1.54) is 57.8 Å². The molecule has 1 aromatic carbocycles. The summed E-state index contributed by atoms with van der Waals surface area (Å²) in [4.78, 5) is 12.6. The summed E-state index contributed by atoms with van der Waals surface area (Å²) in [6.45, 7) is 9.97. The Morgan fingerprint density at radius 2 is 1.14 bits per heavy atom. The summed E-state index contributed by atoms with van der Waals surface area (Å²) in [6, 6.07) is 2.12. The Balaban J connectivity index is 3.27. The van der Waals surface area contributed by atoms with Gasteiger partial charge >= 0.3 is 5.97 Å². The summed E-state index contributed by atoms with van der Waals surface area (Å²) >= 11 is 0. The van der Waals surface area contributed by atoms with Gasteiger partial charge in [-0.25, -0.2) is 4.79 Å². The van der Waals surface area contributed by atoms with Gasteiger partial charge in [-0.2, -0.15) is 0 Å². The second kappa shape index (κ2) is 20.5. The molecular weight excluding hydrogens is 436 g/mol. The highest BCUT2D eigenvalue weighted by molar-refractivity contribution is 5.94. The van der Waals surface area contributed by atoms with Crippen LogP contribution in [0.25, 0.3) is 0 Å². The number of benzene rings is 1. The third-order valence-corrected chi connectivity index (χ3v) is 6.74. The number of ether oxygens (including phenoxy) is 2. The lowest BCUT2D eigenvalue weighted by molar-refractivity contribution is 0.0689. The van der Waals surface area contributed by atoms with Crippen LogP contribution in [0.2, 0.25) is 0 Å². The molecular formula is C31H54O4. The first-order chi connectivity index (χ1) is 17.1. The molecule has 0 amide bonds. The van der Waals surface area contributed by atoms with Crippen LogP contribution in [0.3, 0.4) is 0 Å². The number of hydrogen-bond donors (Lipinski definition) is 1. The van der Waals surface area contributed by atoms with Crippen LogP contribution < -0.4 is 9.47 Å². The Kier molecular flexibility index (Phi) is 18.3. The Morgan fingerprint density at radius 3 is 1.66 bits per heavy atom. The van der Waals surface area contributed by atoms with E-state index in [2.05, 4.69) is 33.8 Å². The lowest BCUT2D eigenvalue weighted by Gasteiger charge is -2.21. The highest BCUT2D eigenvalue weighted by Gasteiger charge is 2.25. The third kappa shape index (κ3) is 12.7. The molecule has 202 valence electrons. The van der Waals surface area contributed by atoms with Gasteiger partial charge in [0.15, 0.2) is 11.5 Å². The van der Waals surface area contributed by atoms with Gasteiger partial charge in [0.05, 0.1) is 13.2 Å². The molecule has 1 aromatic rings. The smallest absolute Gasteiger partial charge is 0.339 e. The number of carboxylic acid groups (broad SMARTS) is 1. The number of unbranched alkanes of at least 4 members (excludes halogenated alkanes) is 12. The van der Waals surface area contributed by atoms with Gasteiger partial charge in [0, 0.05) is 0 Å². The summed E-state index contributed by atoms with van der Waals surface area (Å²) in [7, 11) is 0. The monoisotopic (exact) mass is 490 g/mol. The molecule has 0 fully saturated rings. The Hall–Kier alpha value is -1.71. The second-order valence-electron chi connectivity index (χ2n) is 9.96. The molecule has 4 heteroatoms. The van der Waals surface area contributed by atoms with E-state index in [4.69, 9.17) is 9.47 Å². The van der Waals surface area contributed by atoms with Crippen LogP contribution in [0.4, 0.5) is 0 Å². The van der Waals surface area contributed by atoms with E-state index in [0.717, 1.165) is 68.9 Å². The molecule has 0 saturated carbocycles. The first kappa shape index (κ1) is 31.3. The summed E-state index contributed by atoms with van der Waals surface area (Å²) in [5.74, 6) is 0.217. The average Bonchev–Trinajstić information content (AvgIpc) is 2.85. The van der Waals surface area contributed by atoms with Crippen molar-refractivity contribution in [2.75, 3.05) is 13.2 Å². The van der Waals surface area contributed by atoms with E-state index in [-0.39, 0.29) is 0 Å². The molecule has 0 unspecified atom stereocenters. The minimum Gasteiger partial charge on any atom is -0.490 e. The molecule has 4 nitrogen and oxygen atoms in total. The van der Waals surface area contributed by atoms with Crippen LogP contribution in [0.1, 0.15) is 152 Å². The van der Waals surface area contributed by atoms with Gasteiger partial charge < -0.3 is 14.6 Å². The SMILES string of the molecule is CCCCCCOc1cc(CCCCCC)c(CCCCCC)c(C(=O)O)c1OCCCCCC. The lowest BCUT2D eigenvalue weighted by Crippen LogP contribution is -2.13. The molecule has 0 spiro atoms. The van der Waals surface area contributed by atoms with E-state index in [1.807, 2.05) is 0 Å². The number of carboxylic acids is 1. The van der Waals surface area contributed by atoms with Gasteiger partial charge in [-0.05, 0) is 55.7 Å². The second-order valence-corrected chi connectivity index (χ2v) is 9.96. The van der Waals surface area contributed by atoms with Gasteiger partial charge in [-0.3, -0.25) is 0 Å². The maximum Gasteiger partial charge on any atom is 0.339 e. The van der Waals surface area contributed by atoms with Crippen LogP contribution in [-0.2, 0) is 12.8 Å². The molecule has 0 heterocycles. The molecule has 0 aliphatic carbocycles. The van der Waals surface area contributed by atoms with Crippen molar-refractivity contribution in [2.45, 2.75) is 143 Å². The highest BCUT2D eigenvalue weighted by atomic mass is 16.5. The van der Waals surface area contributed by atoms with Crippen LogP contribution in [-0.4, -0.2) is 24.3 Å². The number of hydrogen-bond acceptors (Lipinski definition) is 3. The molecule has 35 heavy (non-hydrogen) atoms.